The second-order valence-electron chi connectivity index (χ2n) is 5.81. The van der Waals surface area contributed by atoms with Crippen LogP contribution in [0.2, 0.25) is 0 Å². The molecule has 0 unspecified atom stereocenters. The number of ether oxygens (including phenoxy) is 2. The van der Waals surface area contributed by atoms with E-state index in [1.54, 1.807) is 50.7 Å². The van der Waals surface area contributed by atoms with Gasteiger partial charge in [0.15, 0.2) is 0 Å². The minimum atomic E-state index is -0.270. The molecular formula is C21H21N3O3. The number of benzene rings is 2. The number of aromatic nitrogens is 1. The third kappa shape index (κ3) is 4.98. The van der Waals surface area contributed by atoms with Gasteiger partial charge in [-0.05, 0) is 54.1 Å². The summed E-state index contributed by atoms with van der Waals surface area (Å²) in [4.78, 5) is 16.6. The van der Waals surface area contributed by atoms with Crippen LogP contribution in [0.25, 0.3) is 0 Å². The van der Waals surface area contributed by atoms with E-state index >= 15 is 0 Å². The normalized spacial score (nSPS) is 10.1. The Bertz CT molecular complexity index is 893. The summed E-state index contributed by atoms with van der Waals surface area (Å²) in [5.41, 5.74) is 2.95. The lowest BCUT2D eigenvalue weighted by atomic mass is 10.2. The molecule has 1 amide bonds. The molecule has 138 valence electrons. The molecule has 2 aromatic carbocycles. The highest BCUT2D eigenvalue weighted by Gasteiger charge is 2.09. The summed E-state index contributed by atoms with van der Waals surface area (Å²) in [7, 11) is 3.24. The molecule has 0 aliphatic heterocycles. The zero-order chi connectivity index (χ0) is 19.1. The van der Waals surface area contributed by atoms with Crippen molar-refractivity contribution in [3.05, 3.63) is 78.1 Å². The van der Waals surface area contributed by atoms with E-state index in [1.807, 2.05) is 30.3 Å². The highest BCUT2D eigenvalue weighted by atomic mass is 16.5. The average molecular weight is 363 g/mol. The maximum absolute atomic E-state index is 12.4. The first kappa shape index (κ1) is 18.3. The smallest absolute Gasteiger partial charge is 0.274 e. The van der Waals surface area contributed by atoms with Crippen LogP contribution in [-0.4, -0.2) is 25.1 Å². The summed E-state index contributed by atoms with van der Waals surface area (Å²) in [5.74, 6) is 1.28. The molecule has 2 N–H and O–H groups in total. The van der Waals surface area contributed by atoms with Gasteiger partial charge in [0.25, 0.3) is 5.91 Å². The molecule has 27 heavy (non-hydrogen) atoms. The fraction of sp³-hybridized carbons (Fsp3) is 0.143. The molecule has 0 aliphatic carbocycles. The maximum Gasteiger partial charge on any atom is 0.274 e. The van der Waals surface area contributed by atoms with Gasteiger partial charge in [-0.1, -0.05) is 12.1 Å². The van der Waals surface area contributed by atoms with Gasteiger partial charge in [-0.25, -0.2) is 0 Å². The molecule has 6 nitrogen and oxygen atoms in total. The van der Waals surface area contributed by atoms with Crippen molar-refractivity contribution in [1.29, 1.82) is 0 Å². The molecule has 0 aliphatic rings. The SMILES string of the molecule is COc1ccc(CNc2ccnc(C(=O)Nc3ccc(OC)cc3)c2)cc1. The van der Waals surface area contributed by atoms with Gasteiger partial charge >= 0.3 is 0 Å². The number of anilines is 2. The van der Waals surface area contributed by atoms with Gasteiger partial charge in [0, 0.05) is 24.1 Å². The fourth-order valence-electron chi connectivity index (χ4n) is 2.48. The van der Waals surface area contributed by atoms with Crippen LogP contribution in [0.1, 0.15) is 16.1 Å². The molecule has 6 heteroatoms. The molecule has 0 saturated heterocycles. The molecular weight excluding hydrogens is 342 g/mol. The molecule has 0 fully saturated rings. The van der Waals surface area contributed by atoms with Gasteiger partial charge in [0.2, 0.25) is 0 Å². The molecule has 3 aromatic rings. The van der Waals surface area contributed by atoms with Gasteiger partial charge in [0.1, 0.15) is 17.2 Å². The Morgan fingerprint density at radius 2 is 1.52 bits per heavy atom. The maximum atomic E-state index is 12.4. The lowest BCUT2D eigenvalue weighted by molar-refractivity contribution is 0.102. The highest BCUT2D eigenvalue weighted by molar-refractivity contribution is 6.03. The fourth-order valence-corrected chi connectivity index (χ4v) is 2.48. The number of carbonyl (C=O) groups is 1. The van der Waals surface area contributed by atoms with Crippen molar-refractivity contribution in [2.24, 2.45) is 0 Å². The zero-order valence-corrected chi connectivity index (χ0v) is 15.2. The second kappa shape index (κ2) is 8.71. The number of amides is 1. The molecule has 0 spiro atoms. The molecule has 1 aromatic heterocycles. The van der Waals surface area contributed by atoms with Gasteiger partial charge in [-0.2, -0.15) is 0 Å². The van der Waals surface area contributed by atoms with Gasteiger partial charge in [0.05, 0.1) is 14.2 Å². The van der Waals surface area contributed by atoms with E-state index in [1.165, 1.54) is 0 Å². The number of hydrogen-bond acceptors (Lipinski definition) is 5. The molecule has 1 heterocycles. The van der Waals surface area contributed by atoms with E-state index in [0.717, 1.165) is 22.7 Å². The van der Waals surface area contributed by atoms with E-state index in [4.69, 9.17) is 9.47 Å². The van der Waals surface area contributed by atoms with Crippen LogP contribution >= 0.6 is 0 Å². The summed E-state index contributed by atoms with van der Waals surface area (Å²) in [6, 6.07) is 18.5. The first-order valence-electron chi connectivity index (χ1n) is 8.46. The van der Waals surface area contributed by atoms with Crippen molar-refractivity contribution in [1.82, 2.24) is 4.98 Å². The number of nitrogens with one attached hydrogen (secondary N) is 2. The Hall–Kier alpha value is -3.54. The number of hydrogen-bond donors (Lipinski definition) is 2. The molecule has 3 rings (SSSR count). The van der Waals surface area contributed by atoms with Crippen LogP contribution in [0.3, 0.4) is 0 Å². The Morgan fingerprint density at radius 1 is 0.889 bits per heavy atom. The summed E-state index contributed by atoms with van der Waals surface area (Å²) in [6.07, 6.45) is 1.61. The highest BCUT2D eigenvalue weighted by Crippen LogP contribution is 2.17. The quantitative estimate of drug-likeness (QED) is 0.665. The molecule has 0 radical (unpaired) electrons. The lowest BCUT2D eigenvalue weighted by Gasteiger charge is -2.09. The van der Waals surface area contributed by atoms with Gasteiger partial charge in [-0.3, -0.25) is 9.78 Å². The van der Waals surface area contributed by atoms with Gasteiger partial charge in [-0.15, -0.1) is 0 Å². The first-order chi connectivity index (χ1) is 13.2. The number of rotatable bonds is 7. The van der Waals surface area contributed by atoms with E-state index in [-0.39, 0.29) is 5.91 Å². The van der Waals surface area contributed by atoms with Crippen molar-refractivity contribution in [3.8, 4) is 11.5 Å². The van der Waals surface area contributed by atoms with E-state index in [2.05, 4.69) is 15.6 Å². The van der Waals surface area contributed by atoms with Crippen LogP contribution in [0.15, 0.2) is 66.9 Å². The number of carbonyl (C=O) groups excluding carboxylic acids is 1. The Morgan fingerprint density at radius 3 is 2.15 bits per heavy atom. The Balaban J connectivity index is 1.62. The molecule has 0 atom stereocenters. The van der Waals surface area contributed by atoms with Crippen LogP contribution < -0.4 is 20.1 Å². The topological polar surface area (TPSA) is 72.5 Å². The van der Waals surface area contributed by atoms with E-state index in [9.17, 15) is 4.79 Å². The van der Waals surface area contributed by atoms with E-state index in [0.29, 0.717) is 17.9 Å². The number of pyridine rings is 1. The zero-order valence-electron chi connectivity index (χ0n) is 15.2. The first-order valence-corrected chi connectivity index (χ1v) is 8.46. The van der Waals surface area contributed by atoms with Crippen LogP contribution in [-0.2, 0) is 6.54 Å². The largest absolute Gasteiger partial charge is 0.497 e. The number of nitrogens with zero attached hydrogens (tertiary/aromatic N) is 1. The van der Waals surface area contributed by atoms with Crippen molar-refractivity contribution < 1.29 is 14.3 Å². The average Bonchev–Trinajstić information content (AvgIpc) is 2.73. The van der Waals surface area contributed by atoms with E-state index < -0.39 is 0 Å². The third-order valence-electron chi connectivity index (χ3n) is 4.00. The van der Waals surface area contributed by atoms with Gasteiger partial charge < -0.3 is 20.1 Å². The van der Waals surface area contributed by atoms with Crippen LogP contribution in [0.5, 0.6) is 11.5 Å². The Labute approximate surface area is 158 Å². The standard InChI is InChI=1S/C21H21N3O3/c1-26-18-7-3-15(4-8-18)14-23-17-11-12-22-20(13-17)21(25)24-16-5-9-19(27-2)10-6-16/h3-13H,14H2,1-2H3,(H,22,23)(H,24,25). The summed E-state index contributed by atoms with van der Waals surface area (Å²) in [6.45, 7) is 0.632. The van der Waals surface area contributed by atoms with Crippen LogP contribution in [0, 0.1) is 0 Å². The predicted molar refractivity (Wildman–Crippen MR) is 106 cm³/mol. The third-order valence-corrected chi connectivity index (χ3v) is 4.00. The minimum absolute atomic E-state index is 0.270. The summed E-state index contributed by atoms with van der Waals surface area (Å²) in [5, 5.41) is 6.12. The van der Waals surface area contributed by atoms with Crippen molar-refractivity contribution in [2.45, 2.75) is 6.54 Å². The van der Waals surface area contributed by atoms with Crippen LogP contribution in [0.4, 0.5) is 11.4 Å². The Kier molecular flexibility index (Phi) is 5.89. The second-order valence-corrected chi connectivity index (χ2v) is 5.81. The molecule has 0 bridgehead atoms. The lowest BCUT2D eigenvalue weighted by Crippen LogP contribution is -2.14. The predicted octanol–water partition coefficient (Wildman–Crippen LogP) is 3.96. The summed E-state index contributed by atoms with van der Waals surface area (Å²) < 4.78 is 10.3. The van der Waals surface area contributed by atoms with Crippen molar-refractivity contribution >= 4 is 17.3 Å². The van der Waals surface area contributed by atoms with Crippen molar-refractivity contribution in [2.75, 3.05) is 24.9 Å². The van der Waals surface area contributed by atoms with Crippen molar-refractivity contribution in [3.63, 3.8) is 0 Å². The molecule has 0 saturated carbocycles. The number of methoxy groups -OCH3 is 2. The monoisotopic (exact) mass is 363 g/mol. The summed E-state index contributed by atoms with van der Waals surface area (Å²) >= 11 is 0. The minimum Gasteiger partial charge on any atom is -0.497 e.